The molecule has 0 radical (unpaired) electrons. The summed E-state index contributed by atoms with van der Waals surface area (Å²) in [5.74, 6) is 0. The smallest absolute Gasteiger partial charge is 1.00 e. The van der Waals surface area contributed by atoms with Gasteiger partial charge in [-0.25, -0.2) is 0 Å². The summed E-state index contributed by atoms with van der Waals surface area (Å²) in [6.45, 7) is -0.250. The third-order valence-corrected chi connectivity index (χ3v) is 0.1000. The first-order valence-electron chi connectivity index (χ1n) is 1.83. The fourth-order valence-electron chi connectivity index (χ4n) is 0. The molecule has 4 N–H and O–H groups in total. The van der Waals surface area contributed by atoms with Crippen molar-refractivity contribution in [2.45, 2.75) is 0 Å². The van der Waals surface area contributed by atoms with Gasteiger partial charge in [0.1, 0.15) is 0 Å². The van der Waals surface area contributed by atoms with Crippen LogP contribution >= 0.6 is 0 Å². The molecule has 0 spiro atoms. The second kappa shape index (κ2) is 14.3. The Labute approximate surface area is 112 Å². The fourth-order valence-corrected chi connectivity index (χ4v) is 0. The Morgan fingerprint density at radius 2 is 1.09 bits per heavy atom. The number of hydrogen-bond acceptors (Lipinski definition) is 4. The Kier molecular flexibility index (Phi) is 30.0. The minimum Gasteiger partial charge on any atom is -1.00 e. The van der Waals surface area contributed by atoms with Crippen LogP contribution < -0.4 is 59.1 Å². The molecule has 62 valence electrons. The van der Waals surface area contributed by atoms with Gasteiger partial charge in [-0.1, -0.05) is 0 Å². The third kappa shape index (κ3) is 145. The van der Waals surface area contributed by atoms with Crippen LogP contribution in [-0.4, -0.2) is 41.0 Å². The molecule has 0 saturated carbocycles. The van der Waals surface area contributed by atoms with Crippen LogP contribution in [0.2, 0.25) is 0 Å². The van der Waals surface area contributed by atoms with E-state index in [1.54, 1.807) is 0 Å². The van der Waals surface area contributed by atoms with Crippen LogP contribution in [-0.2, 0) is 10.4 Å². The monoisotopic (exact) mass is 208 g/mol. The van der Waals surface area contributed by atoms with Gasteiger partial charge in [-0.2, -0.15) is 8.42 Å². The predicted molar refractivity (Wildman–Crippen MR) is 30.6 cm³/mol. The zero-order chi connectivity index (χ0) is 7.91. The second-order valence-electron chi connectivity index (χ2n) is 0.895. The molecule has 0 fully saturated rings. The van der Waals surface area contributed by atoms with Crippen LogP contribution in [0.4, 0.5) is 0 Å². The van der Waals surface area contributed by atoms with Crippen molar-refractivity contribution in [3.05, 3.63) is 0 Å². The van der Waals surface area contributed by atoms with Crippen molar-refractivity contribution in [3.8, 4) is 0 Å². The largest absolute Gasteiger partial charge is 1.00 e. The first-order chi connectivity index (χ1) is 3.91. The zero-order valence-electron chi connectivity index (χ0n) is 8.43. The summed E-state index contributed by atoms with van der Waals surface area (Å²) < 4.78 is 31.6. The zero-order valence-corrected chi connectivity index (χ0v) is 11.2. The van der Waals surface area contributed by atoms with Gasteiger partial charge in [-0.15, -0.1) is 0 Å². The summed E-state index contributed by atoms with van der Waals surface area (Å²) in [6, 6.07) is 0. The summed E-state index contributed by atoms with van der Waals surface area (Å²) in [4.78, 5) is 0. The quantitative estimate of drug-likeness (QED) is 0.251. The van der Waals surface area contributed by atoms with Gasteiger partial charge in [0.05, 0.1) is 13.2 Å². The van der Waals surface area contributed by atoms with E-state index in [0.717, 1.165) is 0 Å². The molecule has 0 aliphatic heterocycles. The molecule has 11 heavy (non-hydrogen) atoms. The molecule has 0 heterocycles. The Morgan fingerprint density at radius 3 is 1.09 bits per heavy atom. The predicted octanol–water partition coefficient (Wildman–Crippen LogP) is -7.45. The van der Waals surface area contributed by atoms with Crippen molar-refractivity contribution in [2.75, 3.05) is 13.2 Å². The van der Waals surface area contributed by atoms with Crippen molar-refractivity contribution in [1.29, 1.82) is 0 Å². The molecule has 0 aromatic rings. The minimum atomic E-state index is -4.67. The van der Waals surface area contributed by atoms with Crippen molar-refractivity contribution in [3.63, 3.8) is 0 Å². The van der Waals surface area contributed by atoms with Gasteiger partial charge in [-0.3, -0.25) is 9.11 Å². The van der Waals surface area contributed by atoms with E-state index < -0.39 is 10.4 Å². The van der Waals surface area contributed by atoms with Gasteiger partial charge in [0.2, 0.25) is 0 Å². The molecular formula is C2H10Na2O6S. The van der Waals surface area contributed by atoms with Crippen LogP contribution in [0.15, 0.2) is 0 Å². The molecule has 0 unspecified atom stereocenters. The normalized spacial score (nSPS) is 8.00. The average Bonchev–Trinajstić information content (AvgIpc) is 1.61. The maximum Gasteiger partial charge on any atom is 1.00 e. The van der Waals surface area contributed by atoms with Gasteiger partial charge in [0.15, 0.2) is 0 Å². The number of hydrogen-bond donors (Lipinski definition) is 4. The molecule has 0 amide bonds. The average molecular weight is 208 g/mol. The van der Waals surface area contributed by atoms with E-state index in [-0.39, 0.29) is 75.2 Å². The van der Waals surface area contributed by atoms with Crippen molar-refractivity contribution >= 4 is 10.4 Å². The van der Waals surface area contributed by atoms with Crippen LogP contribution in [0.5, 0.6) is 0 Å². The summed E-state index contributed by atoms with van der Waals surface area (Å²) in [5.41, 5.74) is 0. The Bertz CT molecular complexity index is 130. The topological polar surface area (TPSA) is 115 Å². The number of aliphatic hydroxyl groups excluding tert-OH is 2. The van der Waals surface area contributed by atoms with Gasteiger partial charge in [0.25, 0.3) is 0 Å². The van der Waals surface area contributed by atoms with E-state index in [9.17, 15) is 0 Å². The molecule has 6 nitrogen and oxygen atoms in total. The molecule has 0 rings (SSSR count). The van der Waals surface area contributed by atoms with Crippen LogP contribution in [0.3, 0.4) is 0 Å². The van der Waals surface area contributed by atoms with Gasteiger partial charge >= 0.3 is 69.5 Å². The van der Waals surface area contributed by atoms with E-state index in [2.05, 4.69) is 0 Å². The second-order valence-corrected chi connectivity index (χ2v) is 1.79. The fraction of sp³-hybridized carbons (Fsp3) is 1.00. The Morgan fingerprint density at radius 1 is 1.00 bits per heavy atom. The van der Waals surface area contributed by atoms with E-state index in [1.807, 2.05) is 0 Å². The summed E-state index contributed by atoms with van der Waals surface area (Å²) in [6.07, 6.45) is 0. The minimum absolute atomic E-state index is 0. The SMILES string of the molecule is O=S(=O)(O)O.OCCO.[H-].[H-].[Na+].[Na+]. The maximum atomic E-state index is 8.74. The van der Waals surface area contributed by atoms with E-state index in [0.29, 0.717) is 0 Å². The van der Waals surface area contributed by atoms with Crippen molar-refractivity contribution in [2.24, 2.45) is 0 Å². The molecule has 0 aromatic carbocycles. The van der Waals surface area contributed by atoms with Gasteiger partial charge in [-0.05, 0) is 0 Å². The van der Waals surface area contributed by atoms with E-state index in [4.69, 9.17) is 27.7 Å². The molecule has 0 saturated heterocycles. The first-order valence-corrected chi connectivity index (χ1v) is 3.23. The summed E-state index contributed by atoms with van der Waals surface area (Å²) >= 11 is 0. The van der Waals surface area contributed by atoms with E-state index >= 15 is 0 Å². The van der Waals surface area contributed by atoms with Gasteiger partial charge < -0.3 is 13.1 Å². The van der Waals surface area contributed by atoms with Crippen LogP contribution in [0.25, 0.3) is 0 Å². The first kappa shape index (κ1) is 23.0. The van der Waals surface area contributed by atoms with Crippen LogP contribution in [0.1, 0.15) is 2.85 Å². The molecule has 0 aliphatic rings. The molecule has 9 heteroatoms. The van der Waals surface area contributed by atoms with Crippen LogP contribution in [0, 0.1) is 0 Å². The maximum absolute atomic E-state index is 8.74. The molecule has 0 bridgehead atoms. The van der Waals surface area contributed by atoms with Crippen molar-refractivity contribution in [1.82, 2.24) is 0 Å². The third-order valence-electron chi connectivity index (χ3n) is 0.1000. The van der Waals surface area contributed by atoms with Gasteiger partial charge in [0, 0.05) is 0 Å². The standard InChI is InChI=1S/C2H6O2.2Na.H2O4S.2H/c3-1-2-4;;;1-5(2,3)4;;/h3-4H,1-2H2;;;(H2,1,2,3,4);;/q;2*+1;;2*-1. The van der Waals surface area contributed by atoms with E-state index in [1.165, 1.54) is 0 Å². The Hall–Kier alpha value is 1.79. The van der Waals surface area contributed by atoms with Crippen molar-refractivity contribution < 1.29 is 89.7 Å². The molecule has 0 aliphatic carbocycles. The molecule has 0 atom stereocenters. The molecular weight excluding hydrogens is 198 g/mol. The summed E-state index contributed by atoms with van der Waals surface area (Å²) in [7, 11) is -4.67. The molecule has 0 aromatic heterocycles. The number of aliphatic hydroxyl groups is 2. The number of rotatable bonds is 1. The Balaban J connectivity index is -0.0000000146. The summed E-state index contributed by atoms with van der Waals surface area (Å²) in [5, 5.41) is 15.2.